The van der Waals surface area contributed by atoms with E-state index in [1.807, 2.05) is 18.2 Å². The number of aryl methyl sites for hydroxylation is 1. The molecule has 31 heavy (non-hydrogen) atoms. The topological polar surface area (TPSA) is 113 Å². The molecule has 0 radical (unpaired) electrons. The van der Waals surface area contributed by atoms with Gasteiger partial charge in [-0.05, 0) is 60.7 Å². The zero-order valence-corrected chi connectivity index (χ0v) is 17.5. The quantitative estimate of drug-likeness (QED) is 0.572. The van der Waals surface area contributed by atoms with Crippen molar-refractivity contribution < 1.29 is 15.0 Å². The first-order valence-corrected chi connectivity index (χ1v) is 10.5. The van der Waals surface area contributed by atoms with Crippen molar-refractivity contribution in [3.05, 3.63) is 65.2 Å². The Bertz CT molecular complexity index is 1120. The van der Waals surface area contributed by atoms with Gasteiger partial charge in [0, 0.05) is 24.6 Å². The molecule has 0 spiro atoms. The molecule has 0 saturated carbocycles. The number of rotatable bonds is 5. The van der Waals surface area contributed by atoms with E-state index in [-0.39, 0.29) is 11.7 Å². The third-order valence-corrected chi connectivity index (χ3v) is 5.95. The molecular formula is C24H26N4O3. The summed E-state index contributed by atoms with van der Waals surface area (Å²) in [5.41, 5.74) is 10.8. The summed E-state index contributed by atoms with van der Waals surface area (Å²) in [6, 6.07) is 14.3. The van der Waals surface area contributed by atoms with E-state index in [0.29, 0.717) is 22.6 Å². The number of piperidine rings is 1. The van der Waals surface area contributed by atoms with Crippen LogP contribution in [-0.4, -0.2) is 39.5 Å². The minimum absolute atomic E-state index is 0.148. The van der Waals surface area contributed by atoms with Gasteiger partial charge in [0.1, 0.15) is 5.75 Å². The van der Waals surface area contributed by atoms with E-state index in [4.69, 9.17) is 5.73 Å². The zero-order valence-electron chi connectivity index (χ0n) is 17.5. The van der Waals surface area contributed by atoms with Crippen LogP contribution in [0.2, 0.25) is 0 Å². The lowest BCUT2D eigenvalue weighted by Crippen LogP contribution is -2.35. The number of aromatic hydroxyl groups is 1. The predicted molar refractivity (Wildman–Crippen MR) is 121 cm³/mol. The van der Waals surface area contributed by atoms with Crippen LogP contribution in [0.25, 0.3) is 11.3 Å². The number of aromatic nitrogens is 2. The second-order valence-electron chi connectivity index (χ2n) is 7.87. The normalized spacial score (nSPS) is 16.3. The van der Waals surface area contributed by atoms with Crippen molar-refractivity contribution in [2.75, 3.05) is 23.7 Å². The van der Waals surface area contributed by atoms with E-state index < -0.39 is 5.97 Å². The van der Waals surface area contributed by atoms with E-state index in [1.54, 1.807) is 30.3 Å². The number of phenols is 1. The first-order chi connectivity index (χ1) is 15.0. The van der Waals surface area contributed by atoms with E-state index >= 15 is 0 Å². The molecule has 7 nitrogen and oxygen atoms in total. The van der Waals surface area contributed by atoms with Gasteiger partial charge in [0.2, 0.25) is 0 Å². The molecule has 0 amide bonds. The minimum Gasteiger partial charge on any atom is -0.507 e. The first kappa shape index (κ1) is 20.7. The highest BCUT2D eigenvalue weighted by Gasteiger charge is 2.26. The predicted octanol–water partition coefficient (Wildman–Crippen LogP) is 4.08. The molecule has 2 aromatic carbocycles. The average Bonchev–Trinajstić information content (AvgIpc) is 2.79. The molecule has 4 rings (SSSR count). The maximum Gasteiger partial charge on any atom is 0.335 e. The Morgan fingerprint density at radius 1 is 1.19 bits per heavy atom. The van der Waals surface area contributed by atoms with E-state index in [2.05, 4.69) is 22.0 Å². The van der Waals surface area contributed by atoms with Gasteiger partial charge in [-0.1, -0.05) is 25.1 Å². The molecule has 1 aromatic heterocycles. The Morgan fingerprint density at radius 3 is 2.74 bits per heavy atom. The fraction of sp³-hybridized carbons (Fsp3) is 0.292. The van der Waals surface area contributed by atoms with Crippen molar-refractivity contribution >= 4 is 17.5 Å². The highest BCUT2D eigenvalue weighted by atomic mass is 16.4. The Kier molecular flexibility index (Phi) is 5.75. The molecular weight excluding hydrogens is 392 g/mol. The van der Waals surface area contributed by atoms with Crippen molar-refractivity contribution in [1.82, 2.24) is 10.2 Å². The number of anilines is 2. The fourth-order valence-corrected chi connectivity index (χ4v) is 4.36. The molecule has 0 aliphatic carbocycles. The summed E-state index contributed by atoms with van der Waals surface area (Å²) < 4.78 is 0. The van der Waals surface area contributed by atoms with Gasteiger partial charge in [-0.3, -0.25) is 0 Å². The molecule has 1 atom stereocenters. The fourth-order valence-electron chi connectivity index (χ4n) is 4.36. The molecule has 2 heterocycles. The van der Waals surface area contributed by atoms with Gasteiger partial charge >= 0.3 is 5.97 Å². The number of para-hydroxylation sites is 1. The zero-order chi connectivity index (χ0) is 22.0. The molecule has 160 valence electrons. The molecule has 1 aliphatic heterocycles. The second-order valence-corrected chi connectivity index (χ2v) is 7.87. The number of hydrogen-bond donors (Lipinski definition) is 3. The average molecular weight is 418 g/mol. The standard InChI is InChI=1S/C24H26N4O3/c1-2-15-12-16(24(30)31)9-10-18(15)17-6-5-11-28(14-17)21-13-20(26-27-23(21)25)19-7-3-4-8-22(19)29/h3-4,7-10,12-13,17,29H,2,5-6,11,14H2,1H3,(H2,25,27)(H,30,31). The van der Waals surface area contributed by atoms with Gasteiger partial charge in [0.25, 0.3) is 0 Å². The van der Waals surface area contributed by atoms with Crippen LogP contribution in [0.5, 0.6) is 5.75 Å². The SMILES string of the molecule is CCc1cc(C(=O)O)ccc1C1CCCN(c2cc(-c3ccccc3O)nnc2N)C1. The summed E-state index contributed by atoms with van der Waals surface area (Å²) in [7, 11) is 0. The summed E-state index contributed by atoms with van der Waals surface area (Å²) in [4.78, 5) is 13.6. The van der Waals surface area contributed by atoms with Crippen LogP contribution in [0, 0.1) is 0 Å². The second kappa shape index (κ2) is 8.63. The molecule has 1 fully saturated rings. The third kappa shape index (κ3) is 4.17. The molecule has 1 unspecified atom stereocenters. The van der Waals surface area contributed by atoms with Crippen LogP contribution in [0.15, 0.2) is 48.5 Å². The van der Waals surface area contributed by atoms with E-state index in [1.165, 1.54) is 5.56 Å². The van der Waals surface area contributed by atoms with Crippen LogP contribution >= 0.6 is 0 Å². The molecule has 1 saturated heterocycles. The van der Waals surface area contributed by atoms with E-state index in [0.717, 1.165) is 43.6 Å². The monoisotopic (exact) mass is 418 g/mol. The van der Waals surface area contributed by atoms with Crippen LogP contribution in [-0.2, 0) is 6.42 Å². The van der Waals surface area contributed by atoms with Crippen molar-refractivity contribution in [2.24, 2.45) is 0 Å². The highest BCUT2D eigenvalue weighted by Crippen LogP contribution is 2.36. The highest BCUT2D eigenvalue weighted by molar-refractivity contribution is 5.88. The first-order valence-electron chi connectivity index (χ1n) is 10.5. The van der Waals surface area contributed by atoms with Gasteiger partial charge in [0.15, 0.2) is 5.82 Å². The number of phenolic OH excluding ortho intramolecular Hbond substituents is 1. The smallest absolute Gasteiger partial charge is 0.335 e. The Morgan fingerprint density at radius 2 is 2.00 bits per heavy atom. The molecule has 3 aromatic rings. The number of benzene rings is 2. The van der Waals surface area contributed by atoms with E-state index in [9.17, 15) is 15.0 Å². The maximum atomic E-state index is 11.4. The van der Waals surface area contributed by atoms with Gasteiger partial charge in [-0.25, -0.2) is 4.79 Å². The Balaban J connectivity index is 1.64. The van der Waals surface area contributed by atoms with Gasteiger partial charge < -0.3 is 20.8 Å². The Hall–Kier alpha value is -3.61. The summed E-state index contributed by atoms with van der Waals surface area (Å²) in [6.07, 6.45) is 2.80. The summed E-state index contributed by atoms with van der Waals surface area (Å²) in [5.74, 6) is -0.126. The lowest BCUT2D eigenvalue weighted by Gasteiger charge is -2.35. The van der Waals surface area contributed by atoms with Crippen LogP contribution in [0.1, 0.15) is 47.2 Å². The van der Waals surface area contributed by atoms with Crippen LogP contribution < -0.4 is 10.6 Å². The minimum atomic E-state index is -0.904. The summed E-state index contributed by atoms with van der Waals surface area (Å²) >= 11 is 0. The number of carboxylic acid groups (broad SMARTS) is 1. The third-order valence-electron chi connectivity index (χ3n) is 5.95. The molecule has 4 N–H and O–H groups in total. The van der Waals surface area contributed by atoms with Crippen molar-refractivity contribution in [1.29, 1.82) is 0 Å². The number of carboxylic acids is 1. The van der Waals surface area contributed by atoms with Gasteiger partial charge in [-0.15, -0.1) is 10.2 Å². The number of hydrogen-bond acceptors (Lipinski definition) is 6. The molecule has 7 heteroatoms. The van der Waals surface area contributed by atoms with Crippen molar-refractivity contribution in [2.45, 2.75) is 32.1 Å². The van der Waals surface area contributed by atoms with Crippen molar-refractivity contribution in [3.8, 4) is 17.0 Å². The summed E-state index contributed by atoms with van der Waals surface area (Å²) in [5, 5.41) is 27.8. The van der Waals surface area contributed by atoms with Crippen LogP contribution in [0.3, 0.4) is 0 Å². The van der Waals surface area contributed by atoms with Crippen LogP contribution in [0.4, 0.5) is 11.5 Å². The number of nitrogens with zero attached hydrogens (tertiary/aromatic N) is 3. The number of nitrogen functional groups attached to an aromatic ring is 1. The van der Waals surface area contributed by atoms with Crippen molar-refractivity contribution in [3.63, 3.8) is 0 Å². The summed E-state index contributed by atoms with van der Waals surface area (Å²) in [6.45, 7) is 3.66. The number of carbonyl (C=O) groups is 1. The Labute approximate surface area is 181 Å². The lowest BCUT2D eigenvalue weighted by atomic mass is 9.86. The van der Waals surface area contributed by atoms with Gasteiger partial charge in [-0.2, -0.15) is 0 Å². The van der Waals surface area contributed by atoms with Gasteiger partial charge in [0.05, 0.1) is 16.9 Å². The number of aromatic carboxylic acids is 1. The largest absolute Gasteiger partial charge is 0.507 e. The molecule has 1 aliphatic rings. The molecule has 0 bridgehead atoms. The number of nitrogens with two attached hydrogens (primary N) is 1. The lowest BCUT2D eigenvalue weighted by molar-refractivity contribution is 0.0696. The maximum absolute atomic E-state index is 11.4.